The minimum absolute atomic E-state index is 0.0915. The van der Waals surface area contributed by atoms with Crippen molar-refractivity contribution in [1.29, 1.82) is 0 Å². The Labute approximate surface area is 136 Å². The van der Waals surface area contributed by atoms with Crippen LogP contribution in [0.4, 0.5) is 0 Å². The van der Waals surface area contributed by atoms with Crippen molar-refractivity contribution in [3.8, 4) is 0 Å². The maximum atomic E-state index is 6.03. The maximum absolute atomic E-state index is 6.03. The highest BCUT2D eigenvalue weighted by molar-refractivity contribution is 5.81. The van der Waals surface area contributed by atoms with E-state index in [1.807, 2.05) is 42.6 Å². The molecule has 1 aromatic carbocycles. The third-order valence-electron chi connectivity index (χ3n) is 4.22. The SMILES string of the molecule is COC[C@H](c1ccccn1)N(C)Cc1oc2ccccc2c1C. The number of methoxy groups -OCH3 is 1. The maximum Gasteiger partial charge on any atom is 0.134 e. The van der Waals surface area contributed by atoms with E-state index in [1.165, 1.54) is 10.9 Å². The minimum Gasteiger partial charge on any atom is -0.459 e. The Bertz CT molecular complexity index is 767. The fourth-order valence-corrected chi connectivity index (χ4v) is 2.88. The topological polar surface area (TPSA) is 38.5 Å². The largest absolute Gasteiger partial charge is 0.459 e. The lowest BCUT2D eigenvalue weighted by Gasteiger charge is -2.26. The molecule has 2 aromatic heterocycles. The Morgan fingerprint density at radius 3 is 2.65 bits per heavy atom. The summed E-state index contributed by atoms with van der Waals surface area (Å²) in [7, 11) is 3.79. The number of hydrogen-bond acceptors (Lipinski definition) is 4. The summed E-state index contributed by atoms with van der Waals surface area (Å²) < 4.78 is 11.4. The fraction of sp³-hybridized carbons (Fsp3) is 0.316. The van der Waals surface area contributed by atoms with Crippen molar-refractivity contribution in [2.24, 2.45) is 0 Å². The lowest BCUT2D eigenvalue weighted by molar-refractivity contribution is 0.0960. The molecule has 23 heavy (non-hydrogen) atoms. The first-order valence-corrected chi connectivity index (χ1v) is 7.78. The molecule has 0 aliphatic rings. The molecule has 1 atom stereocenters. The highest BCUT2D eigenvalue weighted by Gasteiger charge is 2.21. The van der Waals surface area contributed by atoms with Gasteiger partial charge in [-0.3, -0.25) is 9.88 Å². The van der Waals surface area contributed by atoms with Crippen molar-refractivity contribution in [1.82, 2.24) is 9.88 Å². The lowest BCUT2D eigenvalue weighted by Crippen LogP contribution is -2.28. The normalized spacial score (nSPS) is 12.9. The standard InChI is InChI=1S/C19H22N2O2/c1-14-15-8-4-5-10-18(15)23-19(14)12-21(2)17(13-22-3)16-9-6-7-11-20-16/h4-11,17H,12-13H2,1-3H3/t17-/m1/s1. The van der Waals surface area contributed by atoms with E-state index in [9.17, 15) is 0 Å². The number of nitrogens with zero attached hydrogens (tertiary/aromatic N) is 2. The molecular weight excluding hydrogens is 288 g/mol. The summed E-state index contributed by atoms with van der Waals surface area (Å²) in [5, 5.41) is 1.18. The van der Waals surface area contributed by atoms with Crippen LogP contribution in [0, 0.1) is 6.92 Å². The number of ether oxygens (including phenoxy) is 1. The van der Waals surface area contributed by atoms with Gasteiger partial charge in [0.05, 0.1) is 24.9 Å². The van der Waals surface area contributed by atoms with Gasteiger partial charge in [-0.1, -0.05) is 24.3 Å². The van der Waals surface area contributed by atoms with Crippen molar-refractivity contribution in [3.05, 3.63) is 65.7 Å². The average Bonchev–Trinajstić information content (AvgIpc) is 2.89. The number of para-hydroxylation sites is 1. The van der Waals surface area contributed by atoms with Gasteiger partial charge in [0, 0.05) is 18.7 Å². The van der Waals surface area contributed by atoms with Crippen molar-refractivity contribution >= 4 is 11.0 Å². The van der Waals surface area contributed by atoms with E-state index in [2.05, 4.69) is 29.9 Å². The number of likely N-dealkylation sites (N-methyl/N-ethyl adjacent to an activating group) is 1. The molecule has 0 saturated heterocycles. The number of aromatic nitrogens is 1. The van der Waals surface area contributed by atoms with Crippen LogP contribution in [0.5, 0.6) is 0 Å². The summed E-state index contributed by atoms with van der Waals surface area (Å²) in [5.74, 6) is 0.991. The van der Waals surface area contributed by atoms with Gasteiger partial charge in [0.15, 0.2) is 0 Å². The Kier molecular flexibility index (Phi) is 4.74. The highest BCUT2D eigenvalue weighted by Crippen LogP contribution is 2.28. The molecule has 2 heterocycles. The van der Waals surface area contributed by atoms with Crippen LogP contribution < -0.4 is 0 Å². The van der Waals surface area contributed by atoms with Gasteiger partial charge in [0.25, 0.3) is 0 Å². The zero-order chi connectivity index (χ0) is 16.2. The van der Waals surface area contributed by atoms with E-state index in [4.69, 9.17) is 9.15 Å². The van der Waals surface area contributed by atoms with Gasteiger partial charge in [-0.2, -0.15) is 0 Å². The number of rotatable bonds is 6. The quantitative estimate of drug-likeness (QED) is 0.691. The first-order chi connectivity index (χ1) is 11.2. The van der Waals surface area contributed by atoms with Crippen LogP contribution in [0.15, 0.2) is 53.1 Å². The average molecular weight is 310 g/mol. The number of aryl methyl sites for hydroxylation is 1. The Hall–Kier alpha value is -2.17. The van der Waals surface area contributed by atoms with Crippen molar-refractivity contribution < 1.29 is 9.15 Å². The van der Waals surface area contributed by atoms with Gasteiger partial charge in [-0.15, -0.1) is 0 Å². The second-order valence-corrected chi connectivity index (χ2v) is 5.79. The van der Waals surface area contributed by atoms with Crippen molar-refractivity contribution in [2.75, 3.05) is 20.8 Å². The Morgan fingerprint density at radius 1 is 1.17 bits per heavy atom. The molecule has 0 bridgehead atoms. The van der Waals surface area contributed by atoms with E-state index in [1.54, 1.807) is 7.11 Å². The summed E-state index contributed by atoms with van der Waals surface area (Å²) >= 11 is 0. The molecule has 3 aromatic rings. The number of pyridine rings is 1. The molecule has 0 unspecified atom stereocenters. The van der Waals surface area contributed by atoms with Crippen LogP contribution in [-0.4, -0.2) is 30.6 Å². The van der Waals surface area contributed by atoms with Crippen LogP contribution >= 0.6 is 0 Å². The fourth-order valence-electron chi connectivity index (χ4n) is 2.88. The van der Waals surface area contributed by atoms with E-state index >= 15 is 0 Å². The van der Waals surface area contributed by atoms with Crippen molar-refractivity contribution in [3.63, 3.8) is 0 Å². The van der Waals surface area contributed by atoms with E-state index in [0.717, 1.165) is 17.0 Å². The minimum atomic E-state index is 0.0915. The highest BCUT2D eigenvalue weighted by atomic mass is 16.5. The van der Waals surface area contributed by atoms with E-state index < -0.39 is 0 Å². The first-order valence-electron chi connectivity index (χ1n) is 7.78. The van der Waals surface area contributed by atoms with Crippen LogP contribution in [0.1, 0.15) is 23.1 Å². The van der Waals surface area contributed by atoms with E-state index in [0.29, 0.717) is 13.2 Å². The molecule has 0 radical (unpaired) electrons. The molecule has 0 amide bonds. The zero-order valence-corrected chi connectivity index (χ0v) is 13.8. The molecule has 4 nitrogen and oxygen atoms in total. The first kappa shape index (κ1) is 15.7. The second kappa shape index (κ2) is 6.94. The number of furan rings is 1. The Balaban J connectivity index is 1.85. The summed E-state index contributed by atoms with van der Waals surface area (Å²) in [6.07, 6.45) is 1.82. The third-order valence-corrected chi connectivity index (χ3v) is 4.22. The molecule has 0 aliphatic carbocycles. The van der Waals surface area contributed by atoms with Gasteiger partial charge >= 0.3 is 0 Å². The third kappa shape index (κ3) is 3.28. The second-order valence-electron chi connectivity index (χ2n) is 5.79. The zero-order valence-electron chi connectivity index (χ0n) is 13.8. The molecule has 0 fully saturated rings. The van der Waals surface area contributed by atoms with Gasteiger partial charge < -0.3 is 9.15 Å². The number of benzene rings is 1. The number of fused-ring (bicyclic) bond motifs is 1. The molecule has 0 aliphatic heterocycles. The molecule has 3 rings (SSSR count). The van der Waals surface area contributed by atoms with Gasteiger partial charge in [-0.05, 0) is 37.7 Å². The summed E-state index contributed by atoms with van der Waals surface area (Å²) in [4.78, 5) is 6.69. The Morgan fingerprint density at radius 2 is 1.96 bits per heavy atom. The summed E-state index contributed by atoms with van der Waals surface area (Å²) in [6, 6.07) is 14.2. The summed E-state index contributed by atoms with van der Waals surface area (Å²) in [6.45, 7) is 3.42. The predicted molar refractivity (Wildman–Crippen MR) is 91.3 cm³/mol. The smallest absolute Gasteiger partial charge is 0.134 e. The van der Waals surface area contributed by atoms with Crippen LogP contribution in [0.2, 0.25) is 0 Å². The lowest BCUT2D eigenvalue weighted by atomic mass is 10.1. The summed E-state index contributed by atoms with van der Waals surface area (Å²) in [5.41, 5.74) is 3.14. The molecule has 0 saturated carbocycles. The van der Waals surface area contributed by atoms with Crippen LogP contribution in [-0.2, 0) is 11.3 Å². The molecular formula is C19H22N2O2. The molecule has 0 N–H and O–H groups in total. The van der Waals surface area contributed by atoms with Gasteiger partial charge in [0.2, 0.25) is 0 Å². The molecule has 120 valence electrons. The predicted octanol–water partition coefficient (Wildman–Crippen LogP) is 3.96. The van der Waals surface area contributed by atoms with E-state index in [-0.39, 0.29) is 6.04 Å². The van der Waals surface area contributed by atoms with Crippen LogP contribution in [0.3, 0.4) is 0 Å². The monoisotopic (exact) mass is 310 g/mol. The van der Waals surface area contributed by atoms with Gasteiger partial charge in [-0.25, -0.2) is 0 Å². The van der Waals surface area contributed by atoms with Gasteiger partial charge in [0.1, 0.15) is 11.3 Å². The van der Waals surface area contributed by atoms with Crippen LogP contribution in [0.25, 0.3) is 11.0 Å². The molecule has 4 heteroatoms. The number of hydrogen-bond donors (Lipinski definition) is 0. The molecule has 0 spiro atoms. The van der Waals surface area contributed by atoms with Crippen molar-refractivity contribution in [2.45, 2.75) is 19.5 Å².